The Labute approximate surface area is 120 Å². The lowest BCUT2D eigenvalue weighted by Crippen LogP contribution is -2.24. The molecule has 1 aromatic rings. The van der Waals surface area contributed by atoms with Gasteiger partial charge in [-0.2, -0.15) is 0 Å². The number of rotatable bonds is 8. The van der Waals surface area contributed by atoms with Gasteiger partial charge in [-0.25, -0.2) is 0 Å². The smallest absolute Gasteiger partial charge is 0.310 e. The molecule has 112 valence electrons. The van der Waals surface area contributed by atoms with Gasteiger partial charge in [0, 0.05) is 12.1 Å². The van der Waals surface area contributed by atoms with Crippen LogP contribution in [0.2, 0.25) is 0 Å². The molecule has 0 amide bonds. The second-order valence-electron chi connectivity index (χ2n) is 5.50. The zero-order valence-electron chi connectivity index (χ0n) is 12.5. The summed E-state index contributed by atoms with van der Waals surface area (Å²) in [5.41, 5.74) is 7.07. The molecule has 0 aliphatic heterocycles. The number of benzene rings is 1. The minimum atomic E-state index is -0.414. The second-order valence-corrected chi connectivity index (χ2v) is 5.50. The van der Waals surface area contributed by atoms with Crippen molar-refractivity contribution in [3.05, 3.63) is 33.9 Å². The largest absolute Gasteiger partial charge is 0.487 e. The lowest BCUT2D eigenvalue weighted by molar-refractivity contribution is -0.385. The molecule has 0 heterocycles. The maximum atomic E-state index is 11.0. The summed E-state index contributed by atoms with van der Waals surface area (Å²) in [6, 6.07) is 5.07. The van der Waals surface area contributed by atoms with Crippen LogP contribution in [-0.2, 0) is 6.42 Å². The molecule has 0 radical (unpaired) electrons. The van der Waals surface area contributed by atoms with Crippen LogP contribution in [0.3, 0.4) is 0 Å². The maximum absolute atomic E-state index is 11.0. The number of nitrogens with two attached hydrogens (primary N) is 1. The van der Waals surface area contributed by atoms with Gasteiger partial charge in [0.25, 0.3) is 0 Å². The van der Waals surface area contributed by atoms with Crippen LogP contribution in [0.1, 0.15) is 39.2 Å². The molecular weight excluding hydrogens is 256 g/mol. The molecule has 0 saturated carbocycles. The summed E-state index contributed by atoms with van der Waals surface area (Å²) in [6.45, 7) is 6.70. The first-order valence-corrected chi connectivity index (χ1v) is 7.09. The molecule has 5 heteroatoms. The number of hydrogen-bond donors (Lipinski definition) is 1. The second kappa shape index (κ2) is 7.85. The number of nitro groups is 1. The summed E-state index contributed by atoms with van der Waals surface area (Å²) in [5.74, 6) is 0.880. The minimum absolute atomic E-state index is 0.0135. The normalized spacial score (nSPS) is 12.4. The van der Waals surface area contributed by atoms with Crippen molar-refractivity contribution >= 4 is 5.69 Å². The van der Waals surface area contributed by atoms with Crippen molar-refractivity contribution in [3.63, 3.8) is 0 Å². The Morgan fingerprint density at radius 1 is 1.40 bits per heavy atom. The highest BCUT2D eigenvalue weighted by molar-refractivity contribution is 5.48. The summed E-state index contributed by atoms with van der Waals surface area (Å²) in [7, 11) is 0. The summed E-state index contributed by atoms with van der Waals surface area (Å²) in [5, 5.41) is 11.0. The van der Waals surface area contributed by atoms with Crippen molar-refractivity contribution in [2.75, 3.05) is 6.61 Å². The summed E-state index contributed by atoms with van der Waals surface area (Å²) in [4.78, 5) is 10.6. The van der Waals surface area contributed by atoms with Crippen LogP contribution >= 0.6 is 0 Å². The average Bonchev–Trinajstić information content (AvgIpc) is 2.35. The predicted molar refractivity (Wildman–Crippen MR) is 80.0 cm³/mol. The van der Waals surface area contributed by atoms with E-state index in [0.29, 0.717) is 24.7 Å². The van der Waals surface area contributed by atoms with Gasteiger partial charge in [0.05, 0.1) is 11.5 Å². The van der Waals surface area contributed by atoms with Gasteiger partial charge in [-0.3, -0.25) is 10.1 Å². The maximum Gasteiger partial charge on any atom is 0.310 e. The van der Waals surface area contributed by atoms with Gasteiger partial charge >= 0.3 is 5.69 Å². The Kier molecular flexibility index (Phi) is 6.45. The molecule has 20 heavy (non-hydrogen) atoms. The lowest BCUT2D eigenvalue weighted by Gasteiger charge is -2.14. The first-order valence-electron chi connectivity index (χ1n) is 7.09. The van der Waals surface area contributed by atoms with Crippen molar-refractivity contribution in [2.24, 2.45) is 11.7 Å². The number of ether oxygens (including phenoxy) is 1. The lowest BCUT2D eigenvalue weighted by atomic mass is 9.98. The molecule has 0 fully saturated rings. The summed E-state index contributed by atoms with van der Waals surface area (Å²) < 4.78 is 5.47. The van der Waals surface area contributed by atoms with E-state index in [-0.39, 0.29) is 11.7 Å². The molecule has 0 aliphatic carbocycles. The molecule has 1 unspecified atom stereocenters. The fourth-order valence-electron chi connectivity index (χ4n) is 2.16. The molecule has 0 aliphatic rings. The van der Waals surface area contributed by atoms with E-state index >= 15 is 0 Å². The van der Waals surface area contributed by atoms with Crippen LogP contribution in [-0.4, -0.2) is 17.6 Å². The third kappa shape index (κ3) is 5.17. The van der Waals surface area contributed by atoms with E-state index in [4.69, 9.17) is 10.5 Å². The predicted octanol–water partition coefficient (Wildman–Crippen LogP) is 3.30. The van der Waals surface area contributed by atoms with Gasteiger partial charge in [0.1, 0.15) is 0 Å². The minimum Gasteiger partial charge on any atom is -0.487 e. The molecule has 2 N–H and O–H groups in total. The van der Waals surface area contributed by atoms with Gasteiger partial charge in [-0.1, -0.05) is 26.8 Å². The SMILES string of the molecule is CCCOc1cc(CC(N)CC(C)C)ccc1[N+](=O)[O-]. The Balaban J connectivity index is 2.85. The standard InChI is InChI=1S/C15H24N2O3/c1-4-7-20-15-10-12(5-6-14(15)17(18)19)9-13(16)8-11(2)3/h5-6,10-11,13H,4,7-9,16H2,1-3H3. The van der Waals surface area contributed by atoms with Gasteiger partial charge in [-0.05, 0) is 36.8 Å². The number of hydrogen-bond acceptors (Lipinski definition) is 4. The van der Waals surface area contributed by atoms with E-state index in [1.165, 1.54) is 6.07 Å². The Bertz CT molecular complexity index is 447. The zero-order valence-corrected chi connectivity index (χ0v) is 12.5. The first kappa shape index (κ1) is 16.4. The van der Waals surface area contributed by atoms with Crippen molar-refractivity contribution < 1.29 is 9.66 Å². The molecule has 0 spiro atoms. The molecule has 0 bridgehead atoms. The van der Waals surface area contributed by atoms with Crippen LogP contribution in [0.15, 0.2) is 18.2 Å². The quantitative estimate of drug-likeness (QED) is 0.585. The van der Waals surface area contributed by atoms with Crippen LogP contribution in [0.5, 0.6) is 5.75 Å². The van der Waals surface area contributed by atoms with Crippen LogP contribution < -0.4 is 10.5 Å². The highest BCUT2D eigenvalue weighted by atomic mass is 16.6. The van der Waals surface area contributed by atoms with Crippen molar-refractivity contribution in [3.8, 4) is 5.75 Å². The molecule has 1 atom stereocenters. The number of nitrogens with zero attached hydrogens (tertiary/aromatic N) is 1. The van der Waals surface area contributed by atoms with Crippen LogP contribution in [0, 0.1) is 16.0 Å². The van der Waals surface area contributed by atoms with E-state index in [9.17, 15) is 10.1 Å². The molecule has 5 nitrogen and oxygen atoms in total. The first-order chi connectivity index (χ1) is 9.43. The third-order valence-electron chi connectivity index (χ3n) is 2.95. The van der Waals surface area contributed by atoms with Crippen molar-refractivity contribution in [2.45, 2.75) is 46.1 Å². The topological polar surface area (TPSA) is 78.4 Å². The fraction of sp³-hybridized carbons (Fsp3) is 0.600. The molecule has 0 saturated heterocycles. The van der Waals surface area contributed by atoms with Crippen molar-refractivity contribution in [1.29, 1.82) is 0 Å². The highest BCUT2D eigenvalue weighted by Crippen LogP contribution is 2.28. The van der Waals surface area contributed by atoms with Crippen LogP contribution in [0.4, 0.5) is 5.69 Å². The van der Waals surface area contributed by atoms with Gasteiger partial charge < -0.3 is 10.5 Å². The van der Waals surface area contributed by atoms with Crippen molar-refractivity contribution in [1.82, 2.24) is 0 Å². The summed E-state index contributed by atoms with van der Waals surface area (Å²) in [6.07, 6.45) is 2.45. The molecule has 1 aromatic carbocycles. The van der Waals surface area contributed by atoms with Crippen LogP contribution in [0.25, 0.3) is 0 Å². The van der Waals surface area contributed by atoms with E-state index in [1.807, 2.05) is 6.92 Å². The zero-order chi connectivity index (χ0) is 15.1. The number of nitro benzene ring substituents is 1. The molecule has 0 aromatic heterocycles. The van der Waals surface area contributed by atoms with E-state index in [0.717, 1.165) is 18.4 Å². The van der Waals surface area contributed by atoms with E-state index in [2.05, 4.69) is 13.8 Å². The summed E-state index contributed by atoms with van der Waals surface area (Å²) >= 11 is 0. The third-order valence-corrected chi connectivity index (χ3v) is 2.95. The fourth-order valence-corrected chi connectivity index (χ4v) is 2.16. The monoisotopic (exact) mass is 280 g/mol. The molecular formula is C15H24N2O3. The van der Waals surface area contributed by atoms with E-state index < -0.39 is 4.92 Å². The Morgan fingerprint density at radius 3 is 2.65 bits per heavy atom. The Hall–Kier alpha value is -1.62. The van der Waals surface area contributed by atoms with Gasteiger partial charge in [0.15, 0.2) is 5.75 Å². The van der Waals surface area contributed by atoms with E-state index in [1.54, 1.807) is 12.1 Å². The Morgan fingerprint density at radius 2 is 2.10 bits per heavy atom. The molecule has 1 rings (SSSR count). The average molecular weight is 280 g/mol. The van der Waals surface area contributed by atoms with Gasteiger partial charge in [0.2, 0.25) is 0 Å². The van der Waals surface area contributed by atoms with Gasteiger partial charge in [-0.15, -0.1) is 0 Å². The highest BCUT2D eigenvalue weighted by Gasteiger charge is 2.16.